The monoisotopic (exact) mass is 543 g/mol. The van der Waals surface area contributed by atoms with Crippen LogP contribution < -0.4 is 28.4 Å². The van der Waals surface area contributed by atoms with Gasteiger partial charge in [0.2, 0.25) is 28.7 Å². The molecule has 1 N–H and O–H groups in total. The number of aromatic nitrogens is 1. The largest absolute Gasteiger partial charge is 0.504 e. The molecule has 0 aliphatic rings. The summed E-state index contributed by atoms with van der Waals surface area (Å²) in [6.45, 7) is 6.21. The highest BCUT2D eigenvalue weighted by Gasteiger charge is 2.30. The van der Waals surface area contributed by atoms with Crippen LogP contribution in [-0.2, 0) is 28.8 Å². The number of hydrogen-bond acceptors (Lipinski definition) is 14. The zero-order chi connectivity index (χ0) is 29.2. The molecule has 3 rings (SSSR count). The van der Waals surface area contributed by atoms with Crippen LogP contribution in [0, 0.1) is 0 Å². The molecular weight excluding hydrogens is 522 g/mol. The SMILES string of the molecule is CC(=O)Oc1cc2cc3c(O)c(OC(C)=O)c(OC(C)=O)c(OC(C)=O)c3nc2c(OC(C)=O)c1OC(C)=O. The van der Waals surface area contributed by atoms with E-state index in [4.69, 9.17) is 28.4 Å². The lowest BCUT2D eigenvalue weighted by atomic mass is 10.1. The molecule has 0 aliphatic heterocycles. The van der Waals surface area contributed by atoms with Gasteiger partial charge in [0, 0.05) is 46.9 Å². The van der Waals surface area contributed by atoms with Crippen molar-refractivity contribution >= 4 is 57.6 Å². The predicted molar refractivity (Wildman–Crippen MR) is 129 cm³/mol. The van der Waals surface area contributed by atoms with Gasteiger partial charge < -0.3 is 33.5 Å². The molecule has 39 heavy (non-hydrogen) atoms. The van der Waals surface area contributed by atoms with Gasteiger partial charge in [-0.25, -0.2) is 4.98 Å². The van der Waals surface area contributed by atoms with Crippen LogP contribution in [0.2, 0.25) is 0 Å². The number of carbonyl (C=O) groups excluding carboxylic acids is 6. The molecule has 0 saturated carbocycles. The maximum absolute atomic E-state index is 12.0. The van der Waals surface area contributed by atoms with Crippen molar-refractivity contribution < 1.29 is 62.3 Å². The highest BCUT2D eigenvalue weighted by molar-refractivity contribution is 6.06. The van der Waals surface area contributed by atoms with E-state index in [1.807, 2.05) is 0 Å². The Morgan fingerprint density at radius 1 is 0.538 bits per heavy atom. The van der Waals surface area contributed by atoms with Crippen LogP contribution in [0.5, 0.6) is 40.2 Å². The summed E-state index contributed by atoms with van der Waals surface area (Å²) in [5.74, 6) is -9.13. The van der Waals surface area contributed by atoms with Gasteiger partial charge in [-0.15, -0.1) is 0 Å². The topological polar surface area (TPSA) is 191 Å². The molecule has 14 nitrogen and oxygen atoms in total. The molecule has 0 saturated heterocycles. The Labute approximate surface area is 219 Å². The van der Waals surface area contributed by atoms with Crippen LogP contribution in [0.3, 0.4) is 0 Å². The van der Waals surface area contributed by atoms with Gasteiger partial charge in [0.15, 0.2) is 11.5 Å². The summed E-state index contributed by atoms with van der Waals surface area (Å²) < 4.78 is 31.0. The summed E-state index contributed by atoms with van der Waals surface area (Å²) >= 11 is 0. The van der Waals surface area contributed by atoms with Crippen LogP contribution in [0.25, 0.3) is 21.8 Å². The highest BCUT2D eigenvalue weighted by Crippen LogP contribution is 2.52. The lowest BCUT2D eigenvalue weighted by molar-refractivity contribution is -0.135. The molecule has 0 amide bonds. The number of hydrogen-bond donors (Lipinski definition) is 1. The van der Waals surface area contributed by atoms with Crippen LogP contribution in [-0.4, -0.2) is 45.9 Å². The average molecular weight is 543 g/mol. The van der Waals surface area contributed by atoms with Crippen molar-refractivity contribution in [2.75, 3.05) is 0 Å². The quantitative estimate of drug-likeness (QED) is 0.271. The number of fused-ring (bicyclic) bond motifs is 2. The van der Waals surface area contributed by atoms with Crippen molar-refractivity contribution in [1.82, 2.24) is 4.98 Å². The van der Waals surface area contributed by atoms with E-state index >= 15 is 0 Å². The van der Waals surface area contributed by atoms with Crippen molar-refractivity contribution in [3.8, 4) is 40.2 Å². The molecule has 0 aliphatic carbocycles. The first kappa shape index (κ1) is 28.3. The number of ether oxygens (including phenoxy) is 6. The van der Waals surface area contributed by atoms with Gasteiger partial charge in [0.1, 0.15) is 11.0 Å². The zero-order valence-electron chi connectivity index (χ0n) is 21.4. The second kappa shape index (κ2) is 11.0. The number of pyridine rings is 1. The lowest BCUT2D eigenvalue weighted by Gasteiger charge is -2.19. The molecule has 1 aromatic heterocycles. The van der Waals surface area contributed by atoms with E-state index in [-0.39, 0.29) is 27.6 Å². The third kappa shape index (κ3) is 6.18. The normalized spacial score (nSPS) is 10.5. The number of esters is 6. The molecule has 1 heterocycles. The maximum Gasteiger partial charge on any atom is 0.308 e. The fourth-order valence-corrected chi connectivity index (χ4v) is 3.46. The van der Waals surface area contributed by atoms with Gasteiger partial charge in [0.25, 0.3) is 0 Å². The fraction of sp³-hybridized carbons (Fsp3) is 0.240. The average Bonchev–Trinajstić information content (AvgIpc) is 2.78. The molecule has 0 atom stereocenters. The van der Waals surface area contributed by atoms with E-state index in [2.05, 4.69) is 4.98 Å². The Morgan fingerprint density at radius 3 is 1.44 bits per heavy atom. The van der Waals surface area contributed by atoms with Crippen LogP contribution >= 0.6 is 0 Å². The van der Waals surface area contributed by atoms with Gasteiger partial charge in [-0.2, -0.15) is 0 Å². The first-order valence-electron chi connectivity index (χ1n) is 11.0. The molecule has 204 valence electrons. The Bertz CT molecular complexity index is 1590. The van der Waals surface area contributed by atoms with E-state index in [1.165, 1.54) is 12.1 Å². The zero-order valence-corrected chi connectivity index (χ0v) is 21.4. The predicted octanol–water partition coefficient (Wildman–Crippen LogP) is 2.65. The van der Waals surface area contributed by atoms with Crippen molar-refractivity contribution in [3.05, 3.63) is 12.1 Å². The van der Waals surface area contributed by atoms with Gasteiger partial charge in [-0.05, 0) is 12.1 Å². The van der Waals surface area contributed by atoms with E-state index < -0.39 is 70.3 Å². The molecule has 0 fully saturated rings. The number of nitrogens with zero attached hydrogens (tertiary/aromatic N) is 1. The summed E-state index contributed by atoms with van der Waals surface area (Å²) in [5.41, 5.74) is -0.503. The summed E-state index contributed by atoms with van der Waals surface area (Å²) in [4.78, 5) is 75.5. The summed E-state index contributed by atoms with van der Waals surface area (Å²) in [6.07, 6.45) is 0. The van der Waals surface area contributed by atoms with E-state index in [0.29, 0.717) is 0 Å². The second-order valence-electron chi connectivity index (χ2n) is 7.89. The molecule has 0 radical (unpaired) electrons. The van der Waals surface area contributed by atoms with E-state index in [9.17, 15) is 33.9 Å². The Kier molecular flexibility index (Phi) is 7.98. The highest BCUT2D eigenvalue weighted by atomic mass is 16.6. The number of phenols is 1. The maximum atomic E-state index is 12.0. The van der Waals surface area contributed by atoms with Crippen LogP contribution in [0.15, 0.2) is 12.1 Å². The number of benzene rings is 2. The minimum atomic E-state index is -0.930. The summed E-state index contributed by atoms with van der Waals surface area (Å²) in [7, 11) is 0. The molecule has 0 bridgehead atoms. The van der Waals surface area contributed by atoms with Gasteiger partial charge in [-0.3, -0.25) is 28.8 Å². The number of phenolic OH excluding ortho intramolecular Hbond substituents is 1. The Balaban J connectivity index is 2.61. The van der Waals surface area contributed by atoms with E-state index in [1.54, 1.807) is 0 Å². The van der Waals surface area contributed by atoms with Crippen LogP contribution in [0.4, 0.5) is 0 Å². The minimum absolute atomic E-state index is 0.0592. The molecule has 14 heteroatoms. The third-order valence-corrected chi connectivity index (χ3v) is 4.56. The van der Waals surface area contributed by atoms with Crippen molar-refractivity contribution in [1.29, 1.82) is 0 Å². The number of carbonyl (C=O) groups is 6. The lowest BCUT2D eigenvalue weighted by Crippen LogP contribution is -2.12. The Hall–Kier alpha value is -5.27. The van der Waals surface area contributed by atoms with Gasteiger partial charge in [0.05, 0.1) is 5.39 Å². The molecule has 0 spiro atoms. The van der Waals surface area contributed by atoms with Crippen molar-refractivity contribution in [3.63, 3.8) is 0 Å². The third-order valence-electron chi connectivity index (χ3n) is 4.56. The summed E-state index contributed by atoms with van der Waals surface area (Å²) in [6, 6.07) is 2.44. The van der Waals surface area contributed by atoms with Crippen molar-refractivity contribution in [2.24, 2.45) is 0 Å². The van der Waals surface area contributed by atoms with Crippen molar-refractivity contribution in [2.45, 2.75) is 41.5 Å². The number of rotatable bonds is 6. The fourth-order valence-electron chi connectivity index (χ4n) is 3.46. The molecule has 2 aromatic carbocycles. The van der Waals surface area contributed by atoms with Crippen LogP contribution in [0.1, 0.15) is 41.5 Å². The number of aromatic hydroxyl groups is 1. The first-order chi connectivity index (χ1) is 18.2. The van der Waals surface area contributed by atoms with Gasteiger partial charge >= 0.3 is 35.8 Å². The van der Waals surface area contributed by atoms with E-state index in [0.717, 1.165) is 41.5 Å². The second-order valence-corrected chi connectivity index (χ2v) is 7.89. The molecule has 3 aromatic rings. The Morgan fingerprint density at radius 2 is 0.949 bits per heavy atom. The standard InChI is InChI=1S/C25H21NO13/c1-9(27)34-17-8-15-7-16-19(26-18(15)22(36-11(3)29)21(17)35-10(2)28)23(37-12(4)30)25(39-14(6)32)24(20(16)33)38-13(5)31/h7-8,33H,1-6H3. The smallest absolute Gasteiger partial charge is 0.308 e. The first-order valence-corrected chi connectivity index (χ1v) is 11.0. The minimum Gasteiger partial charge on any atom is -0.504 e. The van der Waals surface area contributed by atoms with Gasteiger partial charge in [-0.1, -0.05) is 0 Å². The molecular formula is C25H21NO13. The summed E-state index contributed by atoms with van der Waals surface area (Å²) in [5, 5.41) is 10.9. The molecule has 0 unspecified atom stereocenters.